The van der Waals surface area contributed by atoms with E-state index in [-0.39, 0.29) is 17.6 Å². The molecular formula is C22H20N2O4. The van der Waals surface area contributed by atoms with Gasteiger partial charge in [0.1, 0.15) is 6.10 Å². The molecule has 1 aliphatic heterocycles. The smallest absolute Gasteiger partial charge is 0.338 e. The molecule has 0 N–H and O–H groups in total. The molecule has 0 saturated carbocycles. The lowest BCUT2D eigenvalue weighted by Gasteiger charge is -2.18. The number of aromatic nitrogens is 1. The Kier molecular flexibility index (Phi) is 4.93. The topological polar surface area (TPSA) is 68.7 Å². The molecule has 1 unspecified atom stereocenters. The second-order valence-electron chi connectivity index (χ2n) is 6.66. The van der Waals surface area contributed by atoms with Crippen LogP contribution >= 0.6 is 0 Å². The second kappa shape index (κ2) is 7.68. The van der Waals surface area contributed by atoms with Gasteiger partial charge in [0.15, 0.2) is 0 Å². The van der Waals surface area contributed by atoms with Crippen LogP contribution in [-0.2, 0) is 4.74 Å². The van der Waals surface area contributed by atoms with Gasteiger partial charge in [0, 0.05) is 24.4 Å². The zero-order valence-electron chi connectivity index (χ0n) is 15.5. The van der Waals surface area contributed by atoms with Gasteiger partial charge in [-0.25, -0.2) is 9.78 Å². The fraction of sp³-hybridized carbons (Fsp3) is 0.227. The number of benzene rings is 2. The van der Waals surface area contributed by atoms with Crippen molar-refractivity contribution >= 4 is 22.8 Å². The summed E-state index contributed by atoms with van der Waals surface area (Å²) in [5, 5.41) is 1.05. The molecule has 0 aliphatic carbocycles. The molecule has 1 aromatic heterocycles. The van der Waals surface area contributed by atoms with Crippen LogP contribution in [0.4, 0.5) is 0 Å². The normalized spacial score (nSPS) is 16.2. The average Bonchev–Trinajstić information content (AvgIpc) is 3.21. The zero-order chi connectivity index (χ0) is 19.5. The summed E-state index contributed by atoms with van der Waals surface area (Å²) < 4.78 is 10.8. The quantitative estimate of drug-likeness (QED) is 0.654. The largest absolute Gasteiger partial charge is 0.472 e. The standard InChI is InChI=1S/C22H20N2O4/c1-27-22(26)18-8-4-3-7-17(18)21(25)24-13-12-16(14-24)28-20-11-10-15-6-2-5-9-19(15)23-20/h2-11,16H,12-14H2,1H3. The molecule has 2 aromatic carbocycles. The van der Waals surface area contributed by atoms with Crippen LogP contribution in [0, 0.1) is 0 Å². The molecule has 1 fully saturated rings. The van der Waals surface area contributed by atoms with Gasteiger partial charge in [-0.05, 0) is 24.3 Å². The Balaban J connectivity index is 1.46. The number of ether oxygens (including phenoxy) is 2. The van der Waals surface area contributed by atoms with Gasteiger partial charge < -0.3 is 14.4 Å². The number of likely N-dealkylation sites (tertiary alicyclic amines) is 1. The van der Waals surface area contributed by atoms with E-state index in [2.05, 4.69) is 4.98 Å². The van der Waals surface area contributed by atoms with E-state index in [9.17, 15) is 9.59 Å². The number of pyridine rings is 1. The van der Waals surface area contributed by atoms with E-state index < -0.39 is 5.97 Å². The van der Waals surface area contributed by atoms with Crippen LogP contribution in [0.1, 0.15) is 27.1 Å². The van der Waals surface area contributed by atoms with Crippen molar-refractivity contribution in [1.29, 1.82) is 0 Å². The number of amides is 1. The van der Waals surface area contributed by atoms with Crippen molar-refractivity contribution in [2.45, 2.75) is 12.5 Å². The third-order valence-corrected chi connectivity index (χ3v) is 4.86. The fourth-order valence-electron chi connectivity index (χ4n) is 3.42. The van der Waals surface area contributed by atoms with Gasteiger partial charge in [0.2, 0.25) is 5.88 Å². The molecule has 4 rings (SSSR count). The first-order valence-corrected chi connectivity index (χ1v) is 9.15. The van der Waals surface area contributed by atoms with Crippen LogP contribution in [0.5, 0.6) is 5.88 Å². The number of methoxy groups -OCH3 is 1. The predicted molar refractivity (Wildman–Crippen MR) is 104 cm³/mol. The minimum atomic E-state index is -0.517. The highest BCUT2D eigenvalue weighted by molar-refractivity contribution is 6.05. The number of fused-ring (bicyclic) bond motifs is 1. The monoisotopic (exact) mass is 376 g/mol. The lowest BCUT2D eigenvalue weighted by Crippen LogP contribution is -2.32. The van der Waals surface area contributed by atoms with E-state index in [0.717, 1.165) is 10.9 Å². The third-order valence-electron chi connectivity index (χ3n) is 4.86. The molecule has 6 heteroatoms. The number of rotatable bonds is 4. The summed E-state index contributed by atoms with van der Waals surface area (Å²) in [5.41, 5.74) is 1.49. The number of esters is 1. The van der Waals surface area contributed by atoms with Gasteiger partial charge in [0.05, 0.1) is 30.3 Å². The molecule has 3 aromatic rings. The number of nitrogens with zero attached hydrogens (tertiary/aromatic N) is 2. The number of hydrogen-bond acceptors (Lipinski definition) is 5. The number of hydrogen-bond donors (Lipinski definition) is 0. The molecule has 0 radical (unpaired) electrons. The molecule has 142 valence electrons. The zero-order valence-corrected chi connectivity index (χ0v) is 15.5. The summed E-state index contributed by atoms with van der Waals surface area (Å²) in [6.07, 6.45) is 0.573. The molecule has 1 amide bonds. The number of carbonyl (C=O) groups is 2. The first-order chi connectivity index (χ1) is 13.7. The Hall–Kier alpha value is -3.41. The Morgan fingerprint density at radius 2 is 1.75 bits per heavy atom. The maximum absolute atomic E-state index is 12.9. The molecule has 1 saturated heterocycles. The minimum Gasteiger partial charge on any atom is -0.472 e. The van der Waals surface area contributed by atoms with E-state index in [1.165, 1.54) is 7.11 Å². The molecule has 0 spiro atoms. The summed E-state index contributed by atoms with van der Waals surface area (Å²) >= 11 is 0. The highest BCUT2D eigenvalue weighted by Gasteiger charge is 2.30. The van der Waals surface area contributed by atoms with Crippen LogP contribution < -0.4 is 4.74 Å². The summed E-state index contributed by atoms with van der Waals surface area (Å²) in [5.74, 6) is -0.164. The Labute approximate surface area is 162 Å². The first-order valence-electron chi connectivity index (χ1n) is 9.15. The lowest BCUT2D eigenvalue weighted by molar-refractivity contribution is 0.0591. The van der Waals surface area contributed by atoms with Crippen LogP contribution in [0.25, 0.3) is 10.9 Å². The Morgan fingerprint density at radius 3 is 2.57 bits per heavy atom. The van der Waals surface area contributed by atoms with Gasteiger partial charge in [-0.15, -0.1) is 0 Å². The van der Waals surface area contributed by atoms with Crippen LogP contribution in [0.15, 0.2) is 60.7 Å². The molecule has 0 bridgehead atoms. The van der Waals surface area contributed by atoms with E-state index in [0.29, 0.717) is 31.0 Å². The van der Waals surface area contributed by atoms with Crippen molar-refractivity contribution in [1.82, 2.24) is 9.88 Å². The van der Waals surface area contributed by atoms with Gasteiger partial charge >= 0.3 is 5.97 Å². The molecule has 1 aliphatic rings. The molecule has 6 nitrogen and oxygen atoms in total. The Bertz CT molecular complexity index is 1030. The van der Waals surface area contributed by atoms with Crippen molar-refractivity contribution in [3.05, 3.63) is 71.8 Å². The van der Waals surface area contributed by atoms with Gasteiger partial charge in [-0.3, -0.25) is 4.79 Å². The van der Waals surface area contributed by atoms with E-state index >= 15 is 0 Å². The van der Waals surface area contributed by atoms with E-state index in [1.807, 2.05) is 36.4 Å². The van der Waals surface area contributed by atoms with Crippen molar-refractivity contribution in [3.8, 4) is 5.88 Å². The van der Waals surface area contributed by atoms with Gasteiger partial charge in [-0.1, -0.05) is 30.3 Å². The van der Waals surface area contributed by atoms with Crippen LogP contribution in [-0.4, -0.2) is 48.1 Å². The van der Waals surface area contributed by atoms with Crippen LogP contribution in [0.3, 0.4) is 0 Å². The van der Waals surface area contributed by atoms with Gasteiger partial charge in [-0.2, -0.15) is 0 Å². The molecule has 28 heavy (non-hydrogen) atoms. The first kappa shape index (κ1) is 18.0. The van der Waals surface area contributed by atoms with Crippen molar-refractivity contribution in [2.24, 2.45) is 0 Å². The highest BCUT2D eigenvalue weighted by Crippen LogP contribution is 2.22. The fourth-order valence-corrected chi connectivity index (χ4v) is 3.42. The summed E-state index contributed by atoms with van der Waals surface area (Å²) in [6.45, 7) is 1.01. The maximum atomic E-state index is 12.9. The Morgan fingerprint density at radius 1 is 1.00 bits per heavy atom. The van der Waals surface area contributed by atoms with Gasteiger partial charge in [0.25, 0.3) is 5.91 Å². The van der Waals surface area contributed by atoms with E-state index in [1.54, 1.807) is 29.2 Å². The van der Waals surface area contributed by atoms with Crippen LogP contribution in [0.2, 0.25) is 0 Å². The van der Waals surface area contributed by atoms with E-state index in [4.69, 9.17) is 9.47 Å². The summed E-state index contributed by atoms with van der Waals surface area (Å²) in [4.78, 5) is 31.1. The molecular weight excluding hydrogens is 356 g/mol. The minimum absolute atomic E-state index is 0.136. The van der Waals surface area contributed by atoms with Crippen molar-refractivity contribution in [2.75, 3.05) is 20.2 Å². The van der Waals surface area contributed by atoms with Crippen molar-refractivity contribution in [3.63, 3.8) is 0 Å². The SMILES string of the molecule is COC(=O)c1ccccc1C(=O)N1CCC(Oc2ccc3ccccc3n2)C1. The highest BCUT2D eigenvalue weighted by atomic mass is 16.5. The lowest BCUT2D eigenvalue weighted by atomic mass is 10.1. The summed E-state index contributed by atoms with van der Waals surface area (Å²) in [7, 11) is 1.31. The maximum Gasteiger partial charge on any atom is 0.338 e. The molecule has 1 atom stereocenters. The van der Waals surface area contributed by atoms with Crippen molar-refractivity contribution < 1.29 is 19.1 Å². The number of para-hydroxylation sites is 1. The third kappa shape index (κ3) is 3.53. The molecule has 2 heterocycles. The number of carbonyl (C=O) groups excluding carboxylic acids is 2. The predicted octanol–water partition coefficient (Wildman–Crippen LogP) is 3.31. The summed E-state index contributed by atoms with van der Waals surface area (Å²) in [6, 6.07) is 18.4. The average molecular weight is 376 g/mol. The second-order valence-corrected chi connectivity index (χ2v) is 6.66.